The number of benzene rings is 3. The third kappa shape index (κ3) is 2.74. The van der Waals surface area contributed by atoms with Gasteiger partial charge in [-0.3, -0.25) is 4.79 Å². The first-order valence-corrected chi connectivity index (χ1v) is 9.65. The van der Waals surface area contributed by atoms with Gasteiger partial charge in [0.05, 0.1) is 17.1 Å². The summed E-state index contributed by atoms with van der Waals surface area (Å²) in [6.45, 7) is 1.82. The normalized spacial score (nSPS) is 20.2. The van der Waals surface area contributed by atoms with Gasteiger partial charge in [0.2, 0.25) is 0 Å². The summed E-state index contributed by atoms with van der Waals surface area (Å²) < 4.78 is 0. The molecule has 1 atom stereocenters. The number of rotatable bonds is 2. The summed E-state index contributed by atoms with van der Waals surface area (Å²) in [6.07, 6.45) is 0. The minimum atomic E-state index is -1.28. The van der Waals surface area contributed by atoms with Crippen LogP contribution in [0.15, 0.2) is 89.0 Å². The molecular weight excluding hydrogens is 384 g/mol. The van der Waals surface area contributed by atoms with Crippen LogP contribution in [0.2, 0.25) is 5.02 Å². The molecule has 0 bridgehead atoms. The molecule has 5 rings (SSSR count). The highest BCUT2D eigenvalue weighted by atomic mass is 35.5. The Kier molecular flexibility index (Phi) is 4.00. The van der Waals surface area contributed by atoms with E-state index in [4.69, 9.17) is 16.6 Å². The Morgan fingerprint density at radius 1 is 0.931 bits per heavy atom. The van der Waals surface area contributed by atoms with E-state index in [0.29, 0.717) is 16.4 Å². The lowest BCUT2D eigenvalue weighted by atomic mass is 9.93. The van der Waals surface area contributed by atoms with E-state index < -0.39 is 5.66 Å². The van der Waals surface area contributed by atoms with Crippen molar-refractivity contribution in [3.8, 4) is 0 Å². The van der Waals surface area contributed by atoms with Crippen molar-refractivity contribution in [2.45, 2.75) is 12.6 Å². The minimum absolute atomic E-state index is 0.250. The number of nitrogens with one attached hydrogen (secondary N) is 1. The molecule has 1 N–H and O–H groups in total. The maximum absolute atomic E-state index is 13.6. The fourth-order valence-electron chi connectivity index (χ4n) is 3.67. The number of fused-ring (bicyclic) bond motifs is 1. The molecule has 142 valence electrons. The highest BCUT2D eigenvalue weighted by Gasteiger charge is 2.52. The average molecular weight is 401 g/mol. The number of nitrogens with zero attached hydrogens (tertiary/aromatic N) is 3. The fraction of sp³-hybridized carbons (Fsp3) is 0.0870. The fourth-order valence-corrected chi connectivity index (χ4v) is 3.80. The Morgan fingerprint density at radius 2 is 1.62 bits per heavy atom. The Hall–Kier alpha value is -3.44. The van der Waals surface area contributed by atoms with E-state index in [1.54, 1.807) is 24.3 Å². The monoisotopic (exact) mass is 400 g/mol. The quantitative estimate of drug-likeness (QED) is 0.676. The van der Waals surface area contributed by atoms with Crippen molar-refractivity contribution < 1.29 is 4.79 Å². The molecule has 0 fully saturated rings. The van der Waals surface area contributed by atoms with Crippen molar-refractivity contribution in [2.24, 2.45) is 10.1 Å². The average Bonchev–Trinajstić information content (AvgIpc) is 2.99. The molecule has 0 saturated heterocycles. The van der Waals surface area contributed by atoms with Crippen LogP contribution in [0, 0.1) is 0 Å². The van der Waals surface area contributed by atoms with Crippen LogP contribution in [0.3, 0.4) is 0 Å². The van der Waals surface area contributed by atoms with Crippen LogP contribution < -0.4 is 10.3 Å². The predicted octanol–water partition coefficient (Wildman–Crippen LogP) is 4.72. The number of para-hydroxylation sites is 1. The van der Waals surface area contributed by atoms with Gasteiger partial charge in [0, 0.05) is 21.8 Å². The smallest absolute Gasteiger partial charge is 0.302 e. The van der Waals surface area contributed by atoms with Gasteiger partial charge in [0.25, 0.3) is 5.66 Å². The molecule has 3 aromatic rings. The Labute approximate surface area is 173 Å². The molecule has 29 heavy (non-hydrogen) atoms. The van der Waals surface area contributed by atoms with Crippen LogP contribution in [0.5, 0.6) is 0 Å². The number of hydrazone groups is 1. The number of amides is 1. The molecule has 3 aromatic carbocycles. The van der Waals surface area contributed by atoms with Crippen molar-refractivity contribution in [3.63, 3.8) is 0 Å². The predicted molar refractivity (Wildman–Crippen MR) is 117 cm³/mol. The summed E-state index contributed by atoms with van der Waals surface area (Å²) >= 11 is 6.00. The van der Waals surface area contributed by atoms with Crippen LogP contribution in [-0.2, 0) is 4.79 Å². The summed E-state index contributed by atoms with van der Waals surface area (Å²) in [7, 11) is 0. The molecule has 0 aliphatic carbocycles. The van der Waals surface area contributed by atoms with Gasteiger partial charge < -0.3 is 5.32 Å². The molecule has 1 spiro atoms. The van der Waals surface area contributed by atoms with E-state index in [0.717, 1.165) is 22.5 Å². The number of hydrogen-bond acceptors (Lipinski definition) is 4. The molecule has 6 heteroatoms. The molecule has 1 amide bonds. The molecule has 0 radical (unpaired) electrons. The maximum atomic E-state index is 13.6. The number of anilines is 2. The number of aliphatic imine (C=N–C) groups is 1. The largest absolute Gasteiger partial charge is 0.348 e. The first-order chi connectivity index (χ1) is 14.1. The highest BCUT2D eigenvalue weighted by molar-refractivity contribution is 6.31. The van der Waals surface area contributed by atoms with Gasteiger partial charge in [-0.05, 0) is 37.3 Å². The van der Waals surface area contributed by atoms with E-state index in [1.165, 1.54) is 5.01 Å². The van der Waals surface area contributed by atoms with Crippen molar-refractivity contribution in [3.05, 3.63) is 95.0 Å². The second-order valence-electron chi connectivity index (χ2n) is 6.99. The first kappa shape index (κ1) is 17.6. The summed E-state index contributed by atoms with van der Waals surface area (Å²) in [6, 6.07) is 24.8. The van der Waals surface area contributed by atoms with Gasteiger partial charge in [-0.1, -0.05) is 60.1 Å². The SMILES string of the molecule is CC1=NN(c2ccc(Cl)cc2)C(=O)C12N=C(c1ccccc1)c1ccccc1N2. The van der Waals surface area contributed by atoms with Crippen LogP contribution in [0.25, 0.3) is 0 Å². The zero-order valence-corrected chi connectivity index (χ0v) is 16.4. The van der Waals surface area contributed by atoms with E-state index in [1.807, 2.05) is 61.5 Å². The Balaban J connectivity index is 1.66. The van der Waals surface area contributed by atoms with Crippen LogP contribution in [-0.4, -0.2) is 23.0 Å². The van der Waals surface area contributed by atoms with Crippen molar-refractivity contribution >= 4 is 40.3 Å². The zero-order valence-electron chi connectivity index (χ0n) is 15.6. The first-order valence-electron chi connectivity index (χ1n) is 9.27. The Morgan fingerprint density at radius 3 is 2.38 bits per heavy atom. The van der Waals surface area contributed by atoms with Crippen molar-refractivity contribution in [2.75, 3.05) is 10.3 Å². The third-order valence-electron chi connectivity index (χ3n) is 5.17. The number of halogens is 1. The molecule has 1 unspecified atom stereocenters. The number of carbonyl (C=O) groups is 1. The van der Waals surface area contributed by atoms with Crippen LogP contribution in [0.4, 0.5) is 11.4 Å². The summed E-state index contributed by atoms with van der Waals surface area (Å²) in [5.74, 6) is -0.250. The zero-order chi connectivity index (χ0) is 20.0. The van der Waals surface area contributed by atoms with Crippen molar-refractivity contribution in [1.29, 1.82) is 0 Å². The van der Waals surface area contributed by atoms with Crippen molar-refractivity contribution in [1.82, 2.24) is 0 Å². The van der Waals surface area contributed by atoms with Gasteiger partial charge in [-0.15, -0.1) is 0 Å². The van der Waals surface area contributed by atoms with E-state index >= 15 is 0 Å². The molecule has 0 aromatic heterocycles. The standard InChI is InChI=1S/C23H17ClN4O/c1-15-23(22(29)28(27-15)18-13-11-17(24)12-14-18)25-20-10-6-5-9-19(20)21(26-23)16-7-3-2-4-8-16/h2-14,25H,1H3. The maximum Gasteiger partial charge on any atom is 0.302 e. The highest BCUT2D eigenvalue weighted by Crippen LogP contribution is 2.37. The second-order valence-corrected chi connectivity index (χ2v) is 7.42. The molecule has 2 aliphatic rings. The molecule has 0 saturated carbocycles. The lowest BCUT2D eigenvalue weighted by Gasteiger charge is -2.33. The van der Waals surface area contributed by atoms with Gasteiger partial charge in [0.1, 0.15) is 0 Å². The van der Waals surface area contributed by atoms with E-state index in [2.05, 4.69) is 10.4 Å². The van der Waals surface area contributed by atoms with Gasteiger partial charge >= 0.3 is 5.91 Å². The van der Waals surface area contributed by atoms with Crippen LogP contribution in [0.1, 0.15) is 18.1 Å². The molecule has 2 aliphatic heterocycles. The molecule has 2 heterocycles. The number of hydrogen-bond donors (Lipinski definition) is 1. The Bertz CT molecular complexity index is 1170. The van der Waals surface area contributed by atoms with Gasteiger partial charge in [0.15, 0.2) is 0 Å². The topological polar surface area (TPSA) is 57.1 Å². The number of carbonyl (C=O) groups excluding carboxylic acids is 1. The van der Waals surface area contributed by atoms with Gasteiger partial charge in [-0.25, -0.2) is 4.99 Å². The van der Waals surface area contributed by atoms with Crippen LogP contribution >= 0.6 is 11.6 Å². The summed E-state index contributed by atoms with van der Waals surface area (Å²) in [5, 5.41) is 9.87. The van der Waals surface area contributed by atoms with E-state index in [9.17, 15) is 4.79 Å². The minimum Gasteiger partial charge on any atom is -0.348 e. The summed E-state index contributed by atoms with van der Waals surface area (Å²) in [5.41, 5.74) is 3.47. The summed E-state index contributed by atoms with van der Waals surface area (Å²) in [4.78, 5) is 18.5. The van der Waals surface area contributed by atoms with E-state index in [-0.39, 0.29) is 5.91 Å². The van der Waals surface area contributed by atoms with Gasteiger partial charge in [-0.2, -0.15) is 10.1 Å². The second kappa shape index (κ2) is 6.57. The molecule has 5 nitrogen and oxygen atoms in total. The molecular formula is C23H17ClN4O. The lowest BCUT2D eigenvalue weighted by molar-refractivity contribution is -0.120. The third-order valence-corrected chi connectivity index (χ3v) is 5.42. The lowest BCUT2D eigenvalue weighted by Crippen LogP contribution is -2.53.